The Morgan fingerprint density at radius 2 is 2.15 bits per heavy atom. The molecule has 0 bridgehead atoms. The highest BCUT2D eigenvalue weighted by Gasteiger charge is 2.18. The molecule has 0 aliphatic carbocycles. The van der Waals surface area contributed by atoms with Crippen LogP contribution in [0.1, 0.15) is 16.9 Å². The van der Waals surface area contributed by atoms with Gasteiger partial charge in [0.15, 0.2) is 17.3 Å². The minimum absolute atomic E-state index is 0.167. The molecule has 0 saturated heterocycles. The van der Waals surface area contributed by atoms with Crippen LogP contribution in [-0.4, -0.2) is 22.3 Å². The fourth-order valence-corrected chi connectivity index (χ4v) is 1.95. The van der Waals surface area contributed by atoms with E-state index in [0.29, 0.717) is 19.0 Å². The monoisotopic (exact) mass is 279 g/mol. The highest BCUT2D eigenvalue weighted by molar-refractivity contribution is 6.03. The van der Waals surface area contributed by atoms with E-state index >= 15 is 0 Å². The van der Waals surface area contributed by atoms with Crippen molar-refractivity contribution in [2.45, 2.75) is 13.0 Å². The van der Waals surface area contributed by atoms with E-state index in [2.05, 4.69) is 10.4 Å². The number of amides is 1. The molecule has 0 atom stereocenters. The van der Waals surface area contributed by atoms with Gasteiger partial charge >= 0.3 is 0 Å². The smallest absolute Gasteiger partial charge is 0.276 e. The number of fused-ring (bicyclic) bond motifs is 1. The lowest BCUT2D eigenvalue weighted by atomic mass is 10.3. The van der Waals surface area contributed by atoms with E-state index in [9.17, 15) is 13.6 Å². The Kier molecular flexibility index (Phi) is 3.09. The summed E-state index contributed by atoms with van der Waals surface area (Å²) in [6.45, 7) is 1.28. The molecule has 20 heavy (non-hydrogen) atoms. The topological polar surface area (TPSA) is 56.2 Å². The third kappa shape index (κ3) is 2.34. The van der Waals surface area contributed by atoms with Crippen LogP contribution in [0.4, 0.5) is 14.5 Å². The molecule has 1 N–H and O–H groups in total. The fraction of sp³-hybridized carbons (Fsp3) is 0.231. The largest absolute Gasteiger partial charge is 0.478 e. The predicted octanol–water partition coefficient (Wildman–Crippen LogP) is 2.20. The summed E-state index contributed by atoms with van der Waals surface area (Å²) in [7, 11) is 0. The van der Waals surface area contributed by atoms with Crippen LogP contribution in [0, 0.1) is 11.6 Å². The zero-order valence-corrected chi connectivity index (χ0v) is 10.4. The molecular formula is C13H11F2N3O2. The van der Waals surface area contributed by atoms with E-state index in [0.717, 1.165) is 18.6 Å². The second kappa shape index (κ2) is 4.92. The third-order valence-corrected chi connectivity index (χ3v) is 2.92. The molecule has 3 rings (SSSR count). The molecule has 104 valence electrons. The predicted molar refractivity (Wildman–Crippen MR) is 66.7 cm³/mol. The number of carbonyl (C=O) groups excluding carboxylic acids is 1. The molecule has 1 amide bonds. The number of hydrogen-bond acceptors (Lipinski definition) is 3. The van der Waals surface area contributed by atoms with Crippen molar-refractivity contribution >= 4 is 11.6 Å². The number of aromatic nitrogens is 2. The highest BCUT2D eigenvalue weighted by atomic mass is 19.2. The Bertz CT molecular complexity index is 646. The summed E-state index contributed by atoms with van der Waals surface area (Å²) in [6, 6.07) is 4.67. The van der Waals surface area contributed by atoms with Gasteiger partial charge in [-0.1, -0.05) is 0 Å². The summed E-state index contributed by atoms with van der Waals surface area (Å²) >= 11 is 0. The maximum absolute atomic E-state index is 13.1. The Hall–Kier alpha value is -2.44. The first-order chi connectivity index (χ1) is 9.63. The maximum atomic E-state index is 13.1. The number of anilines is 1. The molecule has 1 aromatic heterocycles. The number of halogens is 2. The van der Waals surface area contributed by atoms with Gasteiger partial charge in [-0.15, -0.1) is 0 Å². The van der Waals surface area contributed by atoms with Crippen molar-refractivity contribution < 1.29 is 18.3 Å². The number of nitrogens with one attached hydrogen (secondary N) is 1. The molecule has 2 heterocycles. The van der Waals surface area contributed by atoms with Gasteiger partial charge in [0.2, 0.25) is 5.88 Å². The average Bonchev–Trinajstić information content (AvgIpc) is 2.87. The zero-order valence-electron chi connectivity index (χ0n) is 10.4. The van der Waals surface area contributed by atoms with E-state index < -0.39 is 17.5 Å². The van der Waals surface area contributed by atoms with Gasteiger partial charge in [0.1, 0.15) is 0 Å². The van der Waals surface area contributed by atoms with Gasteiger partial charge in [-0.2, -0.15) is 5.10 Å². The summed E-state index contributed by atoms with van der Waals surface area (Å²) in [5, 5.41) is 6.56. The fourth-order valence-electron chi connectivity index (χ4n) is 1.95. The van der Waals surface area contributed by atoms with Crippen LogP contribution in [0.5, 0.6) is 5.88 Å². The van der Waals surface area contributed by atoms with Crippen LogP contribution in [0.25, 0.3) is 0 Å². The van der Waals surface area contributed by atoms with E-state index in [1.54, 1.807) is 4.68 Å². The van der Waals surface area contributed by atoms with Crippen LogP contribution < -0.4 is 10.1 Å². The van der Waals surface area contributed by atoms with E-state index in [-0.39, 0.29) is 11.4 Å². The molecule has 7 heteroatoms. The first-order valence-electron chi connectivity index (χ1n) is 6.10. The van der Waals surface area contributed by atoms with Gasteiger partial charge in [0, 0.05) is 30.8 Å². The van der Waals surface area contributed by atoms with Crippen LogP contribution >= 0.6 is 0 Å². The third-order valence-electron chi connectivity index (χ3n) is 2.92. The molecule has 0 spiro atoms. The number of carbonyl (C=O) groups is 1. The molecule has 0 unspecified atom stereocenters. The van der Waals surface area contributed by atoms with E-state index in [4.69, 9.17) is 4.74 Å². The van der Waals surface area contributed by atoms with Gasteiger partial charge in [-0.3, -0.25) is 4.79 Å². The van der Waals surface area contributed by atoms with Crippen LogP contribution in [0.3, 0.4) is 0 Å². The summed E-state index contributed by atoms with van der Waals surface area (Å²) in [6.07, 6.45) is 0.832. The van der Waals surface area contributed by atoms with Crippen molar-refractivity contribution in [3.63, 3.8) is 0 Å². The van der Waals surface area contributed by atoms with Crippen LogP contribution in [-0.2, 0) is 6.54 Å². The number of hydrogen-bond donors (Lipinski definition) is 1. The molecule has 5 nitrogen and oxygen atoms in total. The quantitative estimate of drug-likeness (QED) is 0.916. The molecule has 2 aromatic rings. The Morgan fingerprint density at radius 1 is 1.30 bits per heavy atom. The molecular weight excluding hydrogens is 268 g/mol. The molecule has 1 aliphatic heterocycles. The van der Waals surface area contributed by atoms with E-state index in [1.807, 2.05) is 0 Å². The SMILES string of the molecule is O=C(Nc1ccc(F)c(F)c1)c1cc2n(n1)CCCO2. The van der Waals surface area contributed by atoms with Crippen molar-refractivity contribution in [1.82, 2.24) is 9.78 Å². The zero-order chi connectivity index (χ0) is 14.1. The number of aryl methyl sites for hydroxylation is 1. The number of rotatable bonds is 2. The second-order valence-corrected chi connectivity index (χ2v) is 4.38. The lowest BCUT2D eigenvalue weighted by molar-refractivity contribution is 0.102. The van der Waals surface area contributed by atoms with Crippen molar-refractivity contribution in [3.8, 4) is 5.88 Å². The van der Waals surface area contributed by atoms with Crippen molar-refractivity contribution in [2.24, 2.45) is 0 Å². The minimum Gasteiger partial charge on any atom is -0.478 e. The number of ether oxygens (including phenoxy) is 1. The van der Waals surface area contributed by atoms with Crippen LogP contribution in [0.15, 0.2) is 24.3 Å². The lowest BCUT2D eigenvalue weighted by Crippen LogP contribution is -2.16. The molecule has 0 fully saturated rings. The van der Waals surface area contributed by atoms with Gasteiger partial charge in [0.25, 0.3) is 5.91 Å². The number of benzene rings is 1. The molecule has 1 aliphatic rings. The molecule has 0 radical (unpaired) electrons. The standard InChI is InChI=1S/C13H11F2N3O2/c14-9-3-2-8(6-10(9)15)16-13(19)11-7-12-18(17-11)4-1-5-20-12/h2-3,6-7H,1,4-5H2,(H,16,19). The lowest BCUT2D eigenvalue weighted by Gasteiger charge is -2.13. The molecule has 1 aromatic carbocycles. The van der Waals surface area contributed by atoms with Gasteiger partial charge in [0.05, 0.1) is 6.61 Å². The van der Waals surface area contributed by atoms with Crippen molar-refractivity contribution in [3.05, 3.63) is 41.6 Å². The normalized spacial score (nSPS) is 13.5. The van der Waals surface area contributed by atoms with Crippen molar-refractivity contribution in [1.29, 1.82) is 0 Å². The summed E-state index contributed by atoms with van der Waals surface area (Å²) in [5.74, 6) is -1.95. The van der Waals surface area contributed by atoms with Gasteiger partial charge in [-0.25, -0.2) is 13.5 Å². The first-order valence-corrected chi connectivity index (χ1v) is 6.10. The highest BCUT2D eigenvalue weighted by Crippen LogP contribution is 2.19. The summed E-state index contributed by atoms with van der Waals surface area (Å²) in [5.41, 5.74) is 0.340. The Labute approximate surface area is 113 Å². The second-order valence-electron chi connectivity index (χ2n) is 4.38. The summed E-state index contributed by atoms with van der Waals surface area (Å²) in [4.78, 5) is 12.0. The average molecular weight is 279 g/mol. The Balaban J connectivity index is 1.78. The summed E-state index contributed by atoms with van der Waals surface area (Å²) < 4.78 is 32.8. The van der Waals surface area contributed by atoms with E-state index in [1.165, 1.54) is 12.1 Å². The van der Waals surface area contributed by atoms with Crippen LogP contribution in [0.2, 0.25) is 0 Å². The Morgan fingerprint density at radius 3 is 2.90 bits per heavy atom. The minimum atomic E-state index is -1.02. The number of nitrogens with zero attached hydrogens (tertiary/aromatic N) is 2. The van der Waals surface area contributed by atoms with Gasteiger partial charge < -0.3 is 10.1 Å². The van der Waals surface area contributed by atoms with Gasteiger partial charge in [-0.05, 0) is 12.1 Å². The van der Waals surface area contributed by atoms with Crippen molar-refractivity contribution in [2.75, 3.05) is 11.9 Å². The first kappa shape index (κ1) is 12.6. The molecule has 0 saturated carbocycles. The maximum Gasteiger partial charge on any atom is 0.276 e.